The molecule has 0 aliphatic carbocycles. The molecule has 182 valence electrons. The number of nitrogens with one attached hydrogen (secondary N) is 1. The summed E-state index contributed by atoms with van der Waals surface area (Å²) in [5.74, 6) is -1.34. The smallest absolute Gasteiger partial charge is 0.262 e. The van der Waals surface area contributed by atoms with Crippen LogP contribution in [0.4, 0.5) is 11.4 Å². The lowest BCUT2D eigenvalue weighted by Gasteiger charge is -2.18. The Morgan fingerprint density at radius 1 is 1.03 bits per heavy atom. The predicted molar refractivity (Wildman–Crippen MR) is 138 cm³/mol. The topological polar surface area (TPSA) is 129 Å². The second kappa shape index (κ2) is 9.57. The van der Waals surface area contributed by atoms with Crippen LogP contribution in [0, 0.1) is 0 Å². The first kappa shape index (κ1) is 23.7. The number of aromatic hydroxyl groups is 3. The molecule has 0 bridgehead atoms. The molecule has 1 aliphatic heterocycles. The van der Waals surface area contributed by atoms with E-state index < -0.39 is 17.2 Å². The fraction of sp³-hybridized carbons (Fsp3) is 0.0417. The van der Waals surface area contributed by atoms with Crippen molar-refractivity contribution in [2.45, 2.75) is 0 Å². The molecule has 0 unspecified atom stereocenters. The fourth-order valence-corrected chi connectivity index (χ4v) is 4.55. The molecule has 1 aliphatic rings. The Morgan fingerprint density at radius 3 is 2.67 bits per heavy atom. The third-order valence-corrected chi connectivity index (χ3v) is 6.75. The van der Waals surface area contributed by atoms with Crippen molar-refractivity contribution in [2.75, 3.05) is 11.9 Å². The summed E-state index contributed by atoms with van der Waals surface area (Å²) in [4.78, 5) is 16.9. The van der Waals surface area contributed by atoms with E-state index >= 15 is 0 Å². The molecule has 4 aromatic rings. The maximum atomic E-state index is 11.8. The van der Waals surface area contributed by atoms with Gasteiger partial charge in [0.05, 0.1) is 33.3 Å². The molecule has 1 amide bonds. The molecule has 1 aromatic heterocycles. The number of amides is 1. The third-order valence-electron chi connectivity index (χ3n) is 5.19. The Bertz CT molecular complexity index is 1610. The SMILES string of the molecule is O=C1COc2ccc(-c3csc(=Nc4ccc(Cl)c(Cl)c4)n3N=Cc3ccc(O)c(O)c3O)cc2N1. The number of hydrogen-bond donors (Lipinski definition) is 4. The number of anilines is 1. The molecule has 3 aromatic carbocycles. The monoisotopic (exact) mass is 542 g/mol. The molecule has 0 atom stereocenters. The molecule has 0 saturated heterocycles. The molecule has 5 rings (SSSR count). The zero-order valence-electron chi connectivity index (χ0n) is 18.1. The molecule has 0 saturated carbocycles. The molecule has 2 heterocycles. The van der Waals surface area contributed by atoms with Crippen LogP contribution < -0.4 is 14.9 Å². The molecular formula is C24H16Cl2N4O5S. The maximum absolute atomic E-state index is 11.8. The van der Waals surface area contributed by atoms with Crippen LogP contribution in [0.3, 0.4) is 0 Å². The van der Waals surface area contributed by atoms with E-state index in [9.17, 15) is 20.1 Å². The number of nitrogens with zero attached hydrogens (tertiary/aromatic N) is 3. The van der Waals surface area contributed by atoms with E-state index in [-0.39, 0.29) is 18.1 Å². The van der Waals surface area contributed by atoms with Gasteiger partial charge in [0.1, 0.15) is 5.75 Å². The first-order valence-corrected chi connectivity index (χ1v) is 12.0. The van der Waals surface area contributed by atoms with Gasteiger partial charge in [0.15, 0.2) is 18.1 Å². The number of benzene rings is 3. The summed E-state index contributed by atoms with van der Waals surface area (Å²) < 4.78 is 6.97. The first-order chi connectivity index (χ1) is 17.3. The standard InChI is InChI=1S/C24H16Cl2N4O5S/c25-15-4-3-14(8-16(15)26)28-24-30(27-9-13-1-5-19(31)23(34)22(13)33)18(11-36-24)12-2-6-20-17(7-12)29-21(32)10-35-20/h1-9,11,31,33-34H,10H2,(H,29,32). The minimum absolute atomic E-state index is 0.0509. The summed E-state index contributed by atoms with van der Waals surface area (Å²) in [5, 5.41) is 39.5. The molecule has 0 spiro atoms. The number of thiazole rings is 1. The number of rotatable bonds is 4. The number of halogens is 2. The van der Waals surface area contributed by atoms with Gasteiger partial charge in [0, 0.05) is 16.5 Å². The minimum atomic E-state index is -0.652. The number of carbonyl (C=O) groups is 1. The molecule has 36 heavy (non-hydrogen) atoms. The Morgan fingerprint density at radius 2 is 1.86 bits per heavy atom. The van der Waals surface area contributed by atoms with Crippen LogP contribution in [0.1, 0.15) is 5.56 Å². The average Bonchev–Trinajstić information content (AvgIpc) is 3.26. The summed E-state index contributed by atoms with van der Waals surface area (Å²) in [6.45, 7) is -0.0509. The quantitative estimate of drug-likeness (QED) is 0.211. The minimum Gasteiger partial charge on any atom is -0.504 e. The van der Waals surface area contributed by atoms with Crippen LogP contribution >= 0.6 is 34.5 Å². The van der Waals surface area contributed by atoms with E-state index in [1.807, 2.05) is 11.4 Å². The average molecular weight is 543 g/mol. The Labute approximate surface area is 217 Å². The summed E-state index contributed by atoms with van der Waals surface area (Å²) in [6, 6.07) is 12.9. The lowest BCUT2D eigenvalue weighted by Crippen LogP contribution is -2.25. The van der Waals surface area contributed by atoms with Crippen LogP contribution in [-0.2, 0) is 4.79 Å². The highest BCUT2D eigenvalue weighted by Gasteiger charge is 2.18. The van der Waals surface area contributed by atoms with Crippen molar-refractivity contribution < 1.29 is 24.9 Å². The van der Waals surface area contributed by atoms with Crippen LogP contribution in [0.25, 0.3) is 11.3 Å². The van der Waals surface area contributed by atoms with E-state index in [0.717, 1.165) is 0 Å². The van der Waals surface area contributed by atoms with Crippen molar-refractivity contribution in [3.8, 4) is 34.3 Å². The maximum Gasteiger partial charge on any atom is 0.262 e. The third kappa shape index (κ3) is 4.61. The molecule has 12 heteroatoms. The highest BCUT2D eigenvalue weighted by Crippen LogP contribution is 2.37. The highest BCUT2D eigenvalue weighted by molar-refractivity contribution is 7.07. The van der Waals surface area contributed by atoms with E-state index in [0.29, 0.717) is 43.2 Å². The lowest BCUT2D eigenvalue weighted by atomic mass is 10.1. The van der Waals surface area contributed by atoms with Crippen molar-refractivity contribution in [2.24, 2.45) is 10.1 Å². The number of carbonyl (C=O) groups excluding carboxylic acids is 1. The van der Waals surface area contributed by atoms with Gasteiger partial charge in [-0.05, 0) is 48.5 Å². The van der Waals surface area contributed by atoms with Crippen molar-refractivity contribution in [1.82, 2.24) is 4.68 Å². The van der Waals surface area contributed by atoms with Gasteiger partial charge in [-0.2, -0.15) is 5.10 Å². The number of aromatic nitrogens is 1. The molecule has 0 radical (unpaired) electrons. The normalized spacial score (nSPS) is 13.5. The van der Waals surface area contributed by atoms with Gasteiger partial charge in [-0.1, -0.05) is 23.2 Å². The Balaban J connectivity index is 1.65. The van der Waals surface area contributed by atoms with Gasteiger partial charge in [-0.15, -0.1) is 11.3 Å². The van der Waals surface area contributed by atoms with Crippen molar-refractivity contribution in [3.05, 3.63) is 74.3 Å². The zero-order valence-corrected chi connectivity index (χ0v) is 20.5. The van der Waals surface area contributed by atoms with E-state index in [1.54, 1.807) is 30.3 Å². The number of phenolic OH excluding ortho intramolecular Hbond substituents is 3. The first-order valence-electron chi connectivity index (χ1n) is 10.4. The van der Waals surface area contributed by atoms with E-state index in [1.165, 1.54) is 34.4 Å². The zero-order chi connectivity index (χ0) is 25.4. The molecular weight excluding hydrogens is 527 g/mol. The summed E-state index contributed by atoms with van der Waals surface area (Å²) in [7, 11) is 0. The van der Waals surface area contributed by atoms with Crippen molar-refractivity contribution >= 4 is 58.0 Å². The molecule has 0 fully saturated rings. The fourth-order valence-electron chi connectivity index (χ4n) is 3.40. The molecule has 9 nitrogen and oxygen atoms in total. The van der Waals surface area contributed by atoms with Gasteiger partial charge in [0.2, 0.25) is 10.6 Å². The number of ether oxygens (including phenoxy) is 1. The molecule has 4 N–H and O–H groups in total. The van der Waals surface area contributed by atoms with Crippen molar-refractivity contribution in [3.63, 3.8) is 0 Å². The second-order valence-corrected chi connectivity index (χ2v) is 9.24. The highest BCUT2D eigenvalue weighted by atomic mass is 35.5. The van der Waals surface area contributed by atoms with Gasteiger partial charge in [0.25, 0.3) is 5.91 Å². The van der Waals surface area contributed by atoms with Crippen LogP contribution in [-0.4, -0.2) is 38.7 Å². The Kier molecular flexibility index (Phi) is 6.31. The largest absolute Gasteiger partial charge is 0.504 e. The van der Waals surface area contributed by atoms with Gasteiger partial charge >= 0.3 is 0 Å². The van der Waals surface area contributed by atoms with Gasteiger partial charge < -0.3 is 25.4 Å². The van der Waals surface area contributed by atoms with Gasteiger partial charge in [-0.25, -0.2) is 9.67 Å². The summed E-state index contributed by atoms with van der Waals surface area (Å²) in [6.07, 6.45) is 1.32. The van der Waals surface area contributed by atoms with E-state index in [4.69, 9.17) is 27.9 Å². The second-order valence-electron chi connectivity index (χ2n) is 7.59. The number of hydrogen-bond acceptors (Lipinski definition) is 8. The van der Waals surface area contributed by atoms with E-state index in [2.05, 4.69) is 15.4 Å². The Hall–Kier alpha value is -3.99. The number of fused-ring (bicyclic) bond motifs is 1. The van der Waals surface area contributed by atoms with Crippen molar-refractivity contribution in [1.29, 1.82) is 0 Å². The van der Waals surface area contributed by atoms with Crippen LogP contribution in [0.2, 0.25) is 10.0 Å². The van der Waals surface area contributed by atoms with Crippen LogP contribution in [0.5, 0.6) is 23.0 Å². The van der Waals surface area contributed by atoms with Gasteiger partial charge in [-0.3, -0.25) is 4.79 Å². The number of phenols is 3. The summed E-state index contributed by atoms with van der Waals surface area (Å²) >= 11 is 13.5. The predicted octanol–water partition coefficient (Wildman–Crippen LogP) is 5.09. The van der Waals surface area contributed by atoms with Crippen LogP contribution in [0.15, 0.2) is 64.0 Å². The summed E-state index contributed by atoms with van der Waals surface area (Å²) in [5.41, 5.74) is 2.57. The lowest BCUT2D eigenvalue weighted by molar-refractivity contribution is -0.118.